The van der Waals surface area contributed by atoms with Crippen LogP contribution in [0.15, 0.2) is 29.4 Å². The fourth-order valence-corrected chi connectivity index (χ4v) is 4.56. The summed E-state index contributed by atoms with van der Waals surface area (Å²) >= 11 is 0. The highest BCUT2D eigenvalue weighted by atomic mass is 32.2. The fourth-order valence-electron chi connectivity index (χ4n) is 3.12. The molecule has 7 heteroatoms. The van der Waals surface area contributed by atoms with Crippen LogP contribution in [-0.4, -0.2) is 68.5 Å². The number of likely N-dealkylation sites (N-methyl/N-ethyl adjacent to an activating group) is 1. The first kappa shape index (κ1) is 14.9. The smallest absolute Gasteiger partial charge is 0.244 e. The Bertz CT molecular complexity index is 578. The third-order valence-electron chi connectivity index (χ3n) is 4.44. The molecule has 2 atom stereocenters. The van der Waals surface area contributed by atoms with Crippen molar-refractivity contribution in [1.29, 1.82) is 0 Å². The Kier molecular flexibility index (Phi) is 4.26. The summed E-state index contributed by atoms with van der Waals surface area (Å²) in [6.07, 6.45) is 3.84. The molecule has 3 heterocycles. The molecule has 2 saturated heterocycles. The van der Waals surface area contributed by atoms with Gasteiger partial charge in [-0.2, -0.15) is 4.31 Å². The average Bonchev–Trinajstić information content (AvgIpc) is 2.70. The molecule has 0 N–H and O–H groups in total. The number of pyridine rings is 1. The molecule has 21 heavy (non-hydrogen) atoms. The molecule has 0 spiro atoms. The summed E-state index contributed by atoms with van der Waals surface area (Å²) in [5, 5.41) is 0. The van der Waals surface area contributed by atoms with Gasteiger partial charge in [-0.05, 0) is 25.6 Å². The van der Waals surface area contributed by atoms with Gasteiger partial charge in [-0.25, -0.2) is 8.42 Å². The zero-order chi connectivity index (χ0) is 14.9. The van der Waals surface area contributed by atoms with Crippen LogP contribution in [-0.2, 0) is 14.8 Å². The van der Waals surface area contributed by atoms with Gasteiger partial charge < -0.3 is 4.74 Å². The summed E-state index contributed by atoms with van der Waals surface area (Å²) in [6, 6.07) is 3.49. The maximum Gasteiger partial charge on any atom is 0.244 e. The first-order valence-corrected chi connectivity index (χ1v) is 8.71. The number of hydrogen-bond acceptors (Lipinski definition) is 5. The average molecular weight is 311 g/mol. The number of piperidine rings is 1. The van der Waals surface area contributed by atoms with Crippen LogP contribution in [0.2, 0.25) is 0 Å². The lowest BCUT2D eigenvalue weighted by molar-refractivity contribution is 0.0859. The van der Waals surface area contributed by atoms with Crippen molar-refractivity contribution in [1.82, 2.24) is 14.2 Å². The molecule has 116 valence electrons. The van der Waals surface area contributed by atoms with Crippen LogP contribution >= 0.6 is 0 Å². The maximum absolute atomic E-state index is 12.7. The van der Waals surface area contributed by atoms with Gasteiger partial charge in [0.25, 0.3) is 0 Å². The topological polar surface area (TPSA) is 62.7 Å². The number of aromatic nitrogens is 1. The zero-order valence-electron chi connectivity index (χ0n) is 12.2. The fraction of sp³-hybridized carbons (Fsp3) is 0.643. The van der Waals surface area contributed by atoms with Gasteiger partial charge in [0.05, 0.1) is 13.2 Å². The van der Waals surface area contributed by atoms with Gasteiger partial charge in [-0.3, -0.25) is 9.88 Å². The summed E-state index contributed by atoms with van der Waals surface area (Å²) in [6.45, 7) is 3.38. The Balaban J connectivity index is 1.81. The first-order chi connectivity index (χ1) is 10.1. The van der Waals surface area contributed by atoms with E-state index in [-0.39, 0.29) is 10.9 Å². The van der Waals surface area contributed by atoms with Crippen molar-refractivity contribution in [3.05, 3.63) is 24.5 Å². The lowest BCUT2D eigenvalue weighted by atomic mass is 9.93. The zero-order valence-corrected chi connectivity index (χ0v) is 13.0. The molecule has 2 aliphatic rings. The van der Waals surface area contributed by atoms with Crippen molar-refractivity contribution in [2.45, 2.75) is 17.4 Å². The van der Waals surface area contributed by atoms with E-state index in [2.05, 4.69) is 9.88 Å². The molecule has 0 radical (unpaired) electrons. The number of sulfonamides is 1. The third-order valence-corrected chi connectivity index (χ3v) is 6.29. The number of nitrogens with zero attached hydrogens (tertiary/aromatic N) is 3. The van der Waals surface area contributed by atoms with Gasteiger partial charge in [0.15, 0.2) is 0 Å². The summed E-state index contributed by atoms with van der Waals surface area (Å²) in [5.41, 5.74) is 0. The Hall–Kier alpha value is -1.02. The van der Waals surface area contributed by atoms with Crippen LogP contribution in [0.3, 0.4) is 0 Å². The van der Waals surface area contributed by atoms with E-state index in [9.17, 15) is 8.42 Å². The van der Waals surface area contributed by atoms with Crippen molar-refractivity contribution < 1.29 is 13.2 Å². The number of ether oxygens (including phenoxy) is 1. The second-order valence-corrected chi connectivity index (χ2v) is 7.66. The molecule has 2 fully saturated rings. The number of fused-ring (bicyclic) bond motifs is 1. The monoisotopic (exact) mass is 311 g/mol. The van der Waals surface area contributed by atoms with Crippen molar-refractivity contribution in [2.75, 3.05) is 39.9 Å². The summed E-state index contributed by atoms with van der Waals surface area (Å²) in [7, 11) is -1.40. The minimum Gasteiger partial charge on any atom is -0.380 e. The molecule has 0 bridgehead atoms. The molecule has 0 saturated carbocycles. The van der Waals surface area contributed by atoms with E-state index >= 15 is 0 Å². The van der Waals surface area contributed by atoms with E-state index in [0.717, 1.165) is 26.2 Å². The molecule has 2 aliphatic heterocycles. The van der Waals surface area contributed by atoms with Crippen molar-refractivity contribution >= 4 is 10.0 Å². The highest BCUT2D eigenvalue weighted by Crippen LogP contribution is 2.27. The highest BCUT2D eigenvalue weighted by Gasteiger charge is 2.38. The highest BCUT2D eigenvalue weighted by molar-refractivity contribution is 7.89. The molecular weight excluding hydrogens is 290 g/mol. The Morgan fingerprint density at radius 2 is 2.24 bits per heavy atom. The second kappa shape index (κ2) is 6.00. The van der Waals surface area contributed by atoms with Crippen molar-refractivity contribution in [2.24, 2.45) is 5.92 Å². The van der Waals surface area contributed by atoms with Gasteiger partial charge >= 0.3 is 0 Å². The molecule has 6 nitrogen and oxygen atoms in total. The molecule has 0 amide bonds. The van der Waals surface area contributed by atoms with Gasteiger partial charge in [0, 0.05) is 44.0 Å². The Labute approximate surface area is 125 Å². The molecule has 1 aromatic heterocycles. The minimum atomic E-state index is -3.44. The molecule has 0 aromatic carbocycles. The normalized spacial score (nSPS) is 28.8. The standard InChI is InChI=1S/C14H21N3O3S/c1-16-7-8-20-11-12-4-6-17(10-14(12)16)21(18,19)13-3-2-5-15-9-13/h2-3,5,9,12,14H,4,6-8,10-11H2,1H3/t12-,14-/m1/s1. The predicted octanol–water partition coefficient (Wildman–Crippen LogP) is 0.423. The van der Waals surface area contributed by atoms with Crippen LogP contribution < -0.4 is 0 Å². The van der Waals surface area contributed by atoms with Crippen LogP contribution in [0.5, 0.6) is 0 Å². The van der Waals surface area contributed by atoms with E-state index in [1.54, 1.807) is 22.6 Å². The number of hydrogen-bond donors (Lipinski definition) is 0. The van der Waals surface area contributed by atoms with E-state index in [1.165, 1.54) is 6.20 Å². The van der Waals surface area contributed by atoms with E-state index < -0.39 is 10.0 Å². The van der Waals surface area contributed by atoms with Crippen LogP contribution in [0, 0.1) is 5.92 Å². The van der Waals surface area contributed by atoms with E-state index in [0.29, 0.717) is 19.0 Å². The summed E-state index contributed by atoms with van der Waals surface area (Å²) < 4.78 is 32.6. The molecule has 3 rings (SSSR count). The van der Waals surface area contributed by atoms with Crippen LogP contribution in [0.25, 0.3) is 0 Å². The predicted molar refractivity (Wildman–Crippen MR) is 78.3 cm³/mol. The molecule has 0 unspecified atom stereocenters. The van der Waals surface area contributed by atoms with Gasteiger partial charge in [0.2, 0.25) is 10.0 Å². The van der Waals surface area contributed by atoms with Crippen LogP contribution in [0.4, 0.5) is 0 Å². The second-order valence-electron chi connectivity index (χ2n) is 5.72. The van der Waals surface area contributed by atoms with Gasteiger partial charge in [-0.1, -0.05) is 0 Å². The first-order valence-electron chi connectivity index (χ1n) is 7.27. The van der Waals surface area contributed by atoms with Crippen molar-refractivity contribution in [3.8, 4) is 0 Å². The van der Waals surface area contributed by atoms with Gasteiger partial charge in [0.1, 0.15) is 4.90 Å². The molecular formula is C14H21N3O3S. The van der Waals surface area contributed by atoms with Crippen molar-refractivity contribution in [3.63, 3.8) is 0 Å². The third kappa shape index (κ3) is 2.96. The maximum atomic E-state index is 12.7. The Morgan fingerprint density at radius 3 is 3.00 bits per heavy atom. The Morgan fingerprint density at radius 1 is 1.38 bits per heavy atom. The van der Waals surface area contributed by atoms with E-state index in [1.807, 2.05) is 7.05 Å². The van der Waals surface area contributed by atoms with Crippen LogP contribution in [0.1, 0.15) is 6.42 Å². The largest absolute Gasteiger partial charge is 0.380 e. The lowest BCUT2D eigenvalue weighted by Crippen LogP contribution is -2.53. The summed E-state index contributed by atoms with van der Waals surface area (Å²) in [4.78, 5) is 6.42. The molecule has 0 aliphatic carbocycles. The number of rotatable bonds is 2. The van der Waals surface area contributed by atoms with Gasteiger partial charge in [-0.15, -0.1) is 0 Å². The van der Waals surface area contributed by atoms with E-state index in [4.69, 9.17) is 4.74 Å². The molecule has 1 aromatic rings. The minimum absolute atomic E-state index is 0.229. The summed E-state index contributed by atoms with van der Waals surface area (Å²) in [5.74, 6) is 0.415. The quantitative estimate of drug-likeness (QED) is 0.792. The SMILES string of the molecule is CN1CCOC[C@H]2CCN(S(=O)(=O)c3cccnc3)C[C@H]21. The lowest BCUT2D eigenvalue weighted by Gasteiger charge is -2.40.